The summed E-state index contributed by atoms with van der Waals surface area (Å²) in [7, 11) is 0. The van der Waals surface area contributed by atoms with Crippen LogP contribution < -0.4 is 5.32 Å². The maximum absolute atomic E-state index is 12.4. The first kappa shape index (κ1) is 18.3. The first-order valence-corrected chi connectivity index (χ1v) is 8.08. The molecule has 128 valence electrons. The van der Waals surface area contributed by atoms with E-state index in [1.807, 2.05) is 0 Å². The molecule has 0 saturated heterocycles. The molecule has 0 saturated carbocycles. The molecule has 0 bridgehead atoms. The van der Waals surface area contributed by atoms with Gasteiger partial charge in [0.2, 0.25) is 0 Å². The lowest BCUT2D eigenvalue weighted by molar-refractivity contribution is -0.137. The van der Waals surface area contributed by atoms with Crippen molar-refractivity contribution < 1.29 is 19.2 Å². The van der Waals surface area contributed by atoms with E-state index in [4.69, 9.17) is 32.8 Å². The molecule has 0 spiro atoms. The van der Waals surface area contributed by atoms with Crippen LogP contribution in [0.4, 0.5) is 0 Å². The molecule has 2 rings (SSSR count). The van der Waals surface area contributed by atoms with Crippen LogP contribution in [0, 0.1) is 6.92 Å². The van der Waals surface area contributed by atoms with Gasteiger partial charge in [-0.05, 0) is 31.9 Å². The summed E-state index contributed by atoms with van der Waals surface area (Å²) in [6.07, 6.45) is 1.12. The summed E-state index contributed by atoms with van der Waals surface area (Å²) in [6, 6.07) is 5.00. The van der Waals surface area contributed by atoms with Crippen molar-refractivity contribution >= 4 is 35.1 Å². The van der Waals surface area contributed by atoms with Gasteiger partial charge in [-0.15, -0.1) is 0 Å². The molecule has 0 atom stereocenters. The number of aromatic nitrogens is 1. The number of rotatable bonds is 7. The Hall–Kier alpha value is -2.05. The van der Waals surface area contributed by atoms with Crippen molar-refractivity contribution in [1.82, 2.24) is 10.5 Å². The molecule has 0 fully saturated rings. The number of nitrogens with zero attached hydrogens (tertiary/aromatic N) is 1. The zero-order chi connectivity index (χ0) is 17.7. The minimum atomic E-state index is -0.855. The number of carboxylic acids is 1. The zero-order valence-electron chi connectivity index (χ0n) is 12.9. The number of aliphatic carboxylic acids is 1. The number of amides is 1. The molecule has 1 aromatic heterocycles. The van der Waals surface area contributed by atoms with Crippen LogP contribution in [0.1, 0.15) is 35.4 Å². The van der Waals surface area contributed by atoms with Crippen LogP contribution >= 0.6 is 23.2 Å². The predicted molar refractivity (Wildman–Crippen MR) is 90.5 cm³/mol. The third-order valence-corrected chi connectivity index (χ3v) is 4.02. The Morgan fingerprint density at radius 2 is 1.92 bits per heavy atom. The van der Waals surface area contributed by atoms with Gasteiger partial charge in [0.15, 0.2) is 0 Å². The van der Waals surface area contributed by atoms with Crippen LogP contribution in [0.2, 0.25) is 10.0 Å². The summed E-state index contributed by atoms with van der Waals surface area (Å²) in [5, 5.41) is 16.0. The number of hydrogen-bond acceptors (Lipinski definition) is 4. The maximum Gasteiger partial charge on any atom is 0.303 e. The second-order valence-electron chi connectivity index (χ2n) is 5.17. The summed E-state index contributed by atoms with van der Waals surface area (Å²) < 4.78 is 5.13. The van der Waals surface area contributed by atoms with Gasteiger partial charge in [0.05, 0.1) is 10.0 Å². The Balaban J connectivity index is 2.15. The maximum atomic E-state index is 12.4. The standard InChI is InChI=1S/C16H16Cl2N2O4/c1-9-13(16(23)19-8-3-2-7-12(21)22)15(20-24-9)14-10(17)5-4-6-11(14)18/h4-6H,2-3,7-8H2,1H3,(H,19,23)(H,21,22). The second-order valence-corrected chi connectivity index (χ2v) is 5.98. The smallest absolute Gasteiger partial charge is 0.303 e. The quantitative estimate of drug-likeness (QED) is 0.719. The number of aryl methyl sites for hydroxylation is 1. The van der Waals surface area contributed by atoms with E-state index in [1.165, 1.54) is 0 Å². The number of hydrogen-bond donors (Lipinski definition) is 2. The molecule has 0 aliphatic heterocycles. The van der Waals surface area contributed by atoms with Crippen LogP contribution in [0.15, 0.2) is 22.7 Å². The fourth-order valence-electron chi connectivity index (χ4n) is 2.23. The Kier molecular flexibility index (Phi) is 6.23. The van der Waals surface area contributed by atoms with Gasteiger partial charge in [-0.2, -0.15) is 0 Å². The first-order valence-electron chi connectivity index (χ1n) is 7.32. The van der Waals surface area contributed by atoms with E-state index in [-0.39, 0.29) is 23.6 Å². The first-order chi connectivity index (χ1) is 11.4. The third kappa shape index (κ3) is 4.27. The van der Waals surface area contributed by atoms with Gasteiger partial charge in [-0.25, -0.2) is 0 Å². The van der Waals surface area contributed by atoms with Gasteiger partial charge in [-0.3, -0.25) is 9.59 Å². The summed E-state index contributed by atoms with van der Waals surface area (Å²) in [4.78, 5) is 22.9. The highest BCUT2D eigenvalue weighted by Gasteiger charge is 2.24. The van der Waals surface area contributed by atoms with Crippen molar-refractivity contribution in [2.45, 2.75) is 26.2 Å². The van der Waals surface area contributed by atoms with Crippen molar-refractivity contribution in [3.8, 4) is 11.3 Å². The molecule has 1 aromatic carbocycles. The number of unbranched alkanes of at least 4 members (excludes halogenated alkanes) is 1. The number of nitrogens with one attached hydrogen (secondary N) is 1. The Bertz CT molecular complexity index is 738. The number of halogens is 2. The average molecular weight is 371 g/mol. The molecule has 0 radical (unpaired) electrons. The Morgan fingerprint density at radius 3 is 2.54 bits per heavy atom. The topological polar surface area (TPSA) is 92.4 Å². The molecule has 0 unspecified atom stereocenters. The van der Waals surface area contributed by atoms with Gasteiger partial charge in [0.1, 0.15) is 17.0 Å². The van der Waals surface area contributed by atoms with Crippen LogP contribution in [0.5, 0.6) is 0 Å². The molecule has 2 aromatic rings. The Labute approximate surface area is 148 Å². The minimum Gasteiger partial charge on any atom is -0.481 e. The molecule has 6 nitrogen and oxygen atoms in total. The number of carboxylic acid groups (broad SMARTS) is 1. The van der Waals surface area contributed by atoms with Crippen molar-refractivity contribution in [3.63, 3.8) is 0 Å². The average Bonchev–Trinajstić information content (AvgIpc) is 2.88. The van der Waals surface area contributed by atoms with Crippen LogP contribution in [-0.4, -0.2) is 28.7 Å². The van der Waals surface area contributed by atoms with Gasteiger partial charge in [0, 0.05) is 18.5 Å². The van der Waals surface area contributed by atoms with E-state index in [2.05, 4.69) is 10.5 Å². The molecule has 2 N–H and O–H groups in total. The molecule has 0 aliphatic rings. The van der Waals surface area contributed by atoms with E-state index in [9.17, 15) is 9.59 Å². The molecule has 8 heteroatoms. The fourth-order valence-corrected chi connectivity index (χ4v) is 2.80. The van der Waals surface area contributed by atoms with Gasteiger partial charge < -0.3 is 14.9 Å². The minimum absolute atomic E-state index is 0.0721. The van der Waals surface area contributed by atoms with Crippen molar-refractivity contribution in [2.24, 2.45) is 0 Å². The lowest BCUT2D eigenvalue weighted by Gasteiger charge is -2.07. The van der Waals surface area contributed by atoms with E-state index >= 15 is 0 Å². The van der Waals surface area contributed by atoms with Gasteiger partial charge in [0.25, 0.3) is 5.91 Å². The number of benzene rings is 1. The van der Waals surface area contributed by atoms with Crippen molar-refractivity contribution in [2.75, 3.05) is 6.54 Å². The lowest BCUT2D eigenvalue weighted by Crippen LogP contribution is -2.25. The predicted octanol–water partition coefficient (Wildman–Crippen LogP) is 3.94. The van der Waals surface area contributed by atoms with E-state index in [1.54, 1.807) is 25.1 Å². The summed E-state index contributed by atoms with van der Waals surface area (Å²) in [5.74, 6) is -0.870. The van der Waals surface area contributed by atoms with Gasteiger partial charge >= 0.3 is 5.97 Å². The molecular weight excluding hydrogens is 355 g/mol. The second kappa shape index (κ2) is 8.17. The van der Waals surface area contributed by atoms with Crippen molar-refractivity contribution in [3.05, 3.63) is 39.6 Å². The highest BCUT2D eigenvalue weighted by molar-refractivity contribution is 6.39. The SMILES string of the molecule is Cc1onc(-c2c(Cl)cccc2Cl)c1C(=O)NCCCCC(=O)O. The largest absolute Gasteiger partial charge is 0.481 e. The highest BCUT2D eigenvalue weighted by Crippen LogP contribution is 2.36. The summed E-state index contributed by atoms with van der Waals surface area (Å²) in [6.45, 7) is 1.98. The van der Waals surface area contributed by atoms with Crippen LogP contribution in [0.25, 0.3) is 11.3 Å². The van der Waals surface area contributed by atoms with E-state index < -0.39 is 5.97 Å². The summed E-state index contributed by atoms with van der Waals surface area (Å²) >= 11 is 12.3. The number of carbonyl (C=O) groups is 2. The van der Waals surface area contributed by atoms with E-state index in [0.29, 0.717) is 40.8 Å². The monoisotopic (exact) mass is 370 g/mol. The van der Waals surface area contributed by atoms with Crippen LogP contribution in [0.3, 0.4) is 0 Å². The summed E-state index contributed by atoms with van der Waals surface area (Å²) in [5.41, 5.74) is 0.989. The zero-order valence-corrected chi connectivity index (χ0v) is 14.4. The lowest BCUT2D eigenvalue weighted by atomic mass is 10.1. The molecule has 0 aliphatic carbocycles. The van der Waals surface area contributed by atoms with Gasteiger partial charge in [-0.1, -0.05) is 34.4 Å². The highest BCUT2D eigenvalue weighted by atomic mass is 35.5. The molecule has 1 heterocycles. The Morgan fingerprint density at radius 1 is 1.25 bits per heavy atom. The van der Waals surface area contributed by atoms with E-state index in [0.717, 1.165) is 0 Å². The number of carbonyl (C=O) groups excluding carboxylic acids is 1. The normalized spacial score (nSPS) is 10.6. The van der Waals surface area contributed by atoms with Crippen LogP contribution in [-0.2, 0) is 4.79 Å². The fraction of sp³-hybridized carbons (Fsp3) is 0.312. The molecule has 24 heavy (non-hydrogen) atoms. The third-order valence-electron chi connectivity index (χ3n) is 3.39. The van der Waals surface area contributed by atoms with Crippen molar-refractivity contribution in [1.29, 1.82) is 0 Å². The molecule has 1 amide bonds. The molecular formula is C16H16Cl2N2O4.